The number of carbonyl (C=O) groups excluding carboxylic acids is 5. The Morgan fingerprint density at radius 1 is 0.556 bits per heavy atom. The highest BCUT2D eigenvalue weighted by Gasteiger charge is 2.41. The van der Waals surface area contributed by atoms with Crippen molar-refractivity contribution in [3.05, 3.63) is 136 Å². The highest BCUT2D eigenvalue weighted by atomic mass is 35.5. The van der Waals surface area contributed by atoms with Crippen molar-refractivity contribution in [3.63, 3.8) is 0 Å². The minimum absolute atomic E-state index is 0.0129. The average Bonchev–Trinajstić information content (AvgIpc) is 3.06. The first kappa shape index (κ1) is 31.9. The summed E-state index contributed by atoms with van der Waals surface area (Å²) in [4.78, 5) is 75.8. The Labute approximate surface area is 260 Å². The minimum atomic E-state index is -2.29. The molecule has 0 aromatic heterocycles. The second kappa shape index (κ2) is 14.9. The van der Waals surface area contributed by atoms with Gasteiger partial charge in [-0.15, -0.1) is 0 Å². The molecule has 0 aliphatic carbocycles. The summed E-state index contributed by atoms with van der Waals surface area (Å²) in [5.74, 6) is -6.51. The second-order valence-corrected chi connectivity index (χ2v) is 9.64. The van der Waals surface area contributed by atoms with Gasteiger partial charge in [0.1, 0.15) is 0 Å². The van der Waals surface area contributed by atoms with Gasteiger partial charge in [-0.25, -0.2) is 14.4 Å². The van der Waals surface area contributed by atoms with E-state index < -0.39 is 47.8 Å². The Kier molecular flexibility index (Phi) is 10.6. The lowest BCUT2D eigenvalue weighted by Crippen LogP contribution is -2.54. The first-order valence-electron chi connectivity index (χ1n) is 13.1. The van der Waals surface area contributed by atoms with Gasteiger partial charge in [-0.2, -0.15) is 0 Å². The number of hydrogen-bond donors (Lipinski definition) is 4. The van der Waals surface area contributed by atoms with Gasteiger partial charge in [0.25, 0.3) is 17.7 Å². The third kappa shape index (κ3) is 8.75. The molecular weight excluding hydrogens is 606 g/mol. The van der Waals surface area contributed by atoms with Crippen LogP contribution in [-0.2, 0) is 19.1 Å². The van der Waals surface area contributed by atoms with Crippen LogP contribution in [0.15, 0.2) is 109 Å². The third-order valence-corrected chi connectivity index (χ3v) is 6.33. The number of carboxylic acids is 1. The van der Waals surface area contributed by atoms with E-state index in [1.807, 2.05) is 5.43 Å². The number of amides is 3. The van der Waals surface area contributed by atoms with Gasteiger partial charge in [0.05, 0.1) is 11.1 Å². The maximum atomic E-state index is 13.1. The van der Waals surface area contributed by atoms with Crippen molar-refractivity contribution in [2.24, 2.45) is 0 Å². The van der Waals surface area contributed by atoms with E-state index in [0.717, 1.165) is 0 Å². The molecule has 0 spiro atoms. The van der Waals surface area contributed by atoms with Gasteiger partial charge < -0.3 is 19.9 Å². The molecule has 0 bridgehead atoms. The van der Waals surface area contributed by atoms with Crippen LogP contribution >= 0.6 is 11.6 Å². The van der Waals surface area contributed by atoms with Crippen molar-refractivity contribution < 1.29 is 43.3 Å². The van der Waals surface area contributed by atoms with Gasteiger partial charge in [-0.1, -0.05) is 48.0 Å². The molecule has 12 nitrogen and oxygen atoms in total. The monoisotopic (exact) mass is 629 g/mol. The summed E-state index contributed by atoms with van der Waals surface area (Å²) in [5, 5.41) is 13.0. The molecule has 4 aromatic rings. The average molecular weight is 630 g/mol. The van der Waals surface area contributed by atoms with Crippen LogP contribution in [0.1, 0.15) is 41.4 Å². The predicted octanol–water partition coefficient (Wildman–Crippen LogP) is 3.89. The predicted molar refractivity (Wildman–Crippen MR) is 160 cm³/mol. The summed E-state index contributed by atoms with van der Waals surface area (Å²) in [6, 6.07) is 26.6. The van der Waals surface area contributed by atoms with Gasteiger partial charge in [-0.05, 0) is 72.8 Å². The molecule has 228 valence electrons. The lowest BCUT2D eigenvalue weighted by Gasteiger charge is -2.23. The number of carbonyl (C=O) groups is 6. The number of hydrogen-bond acceptors (Lipinski definition) is 8. The molecule has 0 aliphatic rings. The van der Waals surface area contributed by atoms with Crippen LogP contribution in [0.5, 0.6) is 0 Å². The van der Waals surface area contributed by atoms with Gasteiger partial charge in [0.15, 0.2) is 0 Å². The second-order valence-electron chi connectivity index (χ2n) is 9.20. The number of aliphatic carboxylic acids is 1. The molecule has 0 unspecified atom stereocenters. The van der Waals surface area contributed by atoms with Crippen molar-refractivity contribution in [1.82, 2.24) is 10.9 Å². The van der Waals surface area contributed by atoms with Gasteiger partial charge in [0.2, 0.25) is 12.2 Å². The van der Waals surface area contributed by atoms with Crippen LogP contribution in [-0.4, -0.2) is 52.9 Å². The topological polar surface area (TPSA) is 177 Å². The van der Waals surface area contributed by atoms with E-state index in [2.05, 4.69) is 10.7 Å². The zero-order chi connectivity index (χ0) is 32.3. The molecule has 0 aliphatic heterocycles. The SMILES string of the molecule is O=C(NNC(=O)[C@H](OC(=O)c1ccccc1)[C@@H](OC(=O)c1ccccc1)C(=O)O)c1ccc(NC(=O)c2ccc(Cl)cc2)cc1. The van der Waals surface area contributed by atoms with E-state index in [1.54, 1.807) is 36.4 Å². The normalized spacial score (nSPS) is 11.7. The number of nitrogens with one attached hydrogen (secondary N) is 3. The fraction of sp³-hybridized carbons (Fsp3) is 0.0625. The largest absolute Gasteiger partial charge is 0.478 e. The Hall–Kier alpha value is -6.01. The van der Waals surface area contributed by atoms with Crippen LogP contribution in [0, 0.1) is 0 Å². The molecule has 0 heterocycles. The molecule has 4 rings (SSSR count). The van der Waals surface area contributed by atoms with E-state index in [-0.39, 0.29) is 16.7 Å². The van der Waals surface area contributed by atoms with Gasteiger partial charge >= 0.3 is 17.9 Å². The maximum absolute atomic E-state index is 13.1. The third-order valence-electron chi connectivity index (χ3n) is 6.07. The molecule has 4 N–H and O–H groups in total. The molecule has 13 heteroatoms. The smallest absolute Gasteiger partial charge is 0.349 e. The highest BCUT2D eigenvalue weighted by molar-refractivity contribution is 6.30. The van der Waals surface area contributed by atoms with E-state index >= 15 is 0 Å². The van der Waals surface area contributed by atoms with Crippen molar-refractivity contribution >= 4 is 52.9 Å². The molecule has 45 heavy (non-hydrogen) atoms. The van der Waals surface area contributed by atoms with E-state index in [9.17, 15) is 33.9 Å². The van der Waals surface area contributed by atoms with Crippen molar-refractivity contribution in [2.75, 3.05) is 5.32 Å². The maximum Gasteiger partial charge on any atom is 0.349 e. The van der Waals surface area contributed by atoms with Crippen LogP contribution in [0.2, 0.25) is 5.02 Å². The number of esters is 2. The van der Waals surface area contributed by atoms with Crippen LogP contribution < -0.4 is 16.2 Å². The van der Waals surface area contributed by atoms with E-state index in [4.69, 9.17) is 21.1 Å². The quantitative estimate of drug-likeness (QED) is 0.150. The Morgan fingerprint density at radius 2 is 1.02 bits per heavy atom. The van der Waals surface area contributed by atoms with E-state index in [0.29, 0.717) is 16.3 Å². The highest BCUT2D eigenvalue weighted by Crippen LogP contribution is 2.15. The van der Waals surface area contributed by atoms with Crippen LogP contribution in [0.25, 0.3) is 0 Å². The number of hydrazine groups is 1. The number of carboxylic acid groups (broad SMARTS) is 1. The zero-order valence-corrected chi connectivity index (χ0v) is 23.9. The Morgan fingerprint density at radius 3 is 1.53 bits per heavy atom. The summed E-state index contributed by atoms with van der Waals surface area (Å²) in [7, 11) is 0. The van der Waals surface area contributed by atoms with Crippen LogP contribution in [0.3, 0.4) is 0 Å². The van der Waals surface area contributed by atoms with Crippen molar-refractivity contribution in [3.8, 4) is 0 Å². The molecule has 3 amide bonds. The van der Waals surface area contributed by atoms with E-state index in [1.165, 1.54) is 72.8 Å². The summed E-state index contributed by atoms with van der Waals surface area (Å²) >= 11 is 5.84. The fourth-order valence-corrected chi connectivity index (χ4v) is 3.91. The van der Waals surface area contributed by atoms with Crippen molar-refractivity contribution in [2.45, 2.75) is 12.2 Å². The lowest BCUT2D eigenvalue weighted by atomic mass is 10.1. The molecule has 4 aromatic carbocycles. The number of benzene rings is 4. The van der Waals surface area contributed by atoms with Gasteiger partial charge in [0, 0.05) is 21.8 Å². The summed E-state index contributed by atoms with van der Waals surface area (Å²) in [5.41, 5.74) is 4.85. The molecule has 0 saturated heterocycles. The minimum Gasteiger partial charge on any atom is -0.478 e. The molecular formula is C32H24ClN3O9. The summed E-state index contributed by atoms with van der Waals surface area (Å²) in [6.45, 7) is 0. The number of ether oxygens (including phenoxy) is 2. The standard InChI is InChI=1S/C32H24ClN3O9/c33-23-15-11-19(12-16-23)27(37)34-24-17-13-20(14-18-24)28(38)35-36-29(39)25(44-31(42)21-7-3-1-4-8-21)26(30(40)41)45-32(43)22-9-5-2-6-10-22/h1-18,25-26H,(H,34,37)(H,35,38)(H,36,39)(H,40,41)/t25-,26-/m1/s1. The molecule has 2 atom stereocenters. The van der Waals surface area contributed by atoms with Crippen molar-refractivity contribution in [1.29, 1.82) is 0 Å². The Balaban J connectivity index is 1.45. The fourth-order valence-electron chi connectivity index (χ4n) is 3.78. The summed E-state index contributed by atoms with van der Waals surface area (Å²) < 4.78 is 10.2. The molecule has 0 radical (unpaired) electrons. The number of anilines is 1. The number of rotatable bonds is 10. The zero-order valence-electron chi connectivity index (χ0n) is 23.1. The Bertz CT molecular complexity index is 1700. The summed E-state index contributed by atoms with van der Waals surface area (Å²) in [6.07, 6.45) is -4.50. The first-order valence-corrected chi connectivity index (χ1v) is 13.5. The molecule has 0 fully saturated rings. The number of halogens is 1. The lowest BCUT2D eigenvalue weighted by molar-refractivity contribution is -0.159. The molecule has 0 saturated carbocycles. The van der Waals surface area contributed by atoms with Crippen LogP contribution in [0.4, 0.5) is 5.69 Å². The first-order chi connectivity index (χ1) is 21.6. The van der Waals surface area contributed by atoms with Gasteiger partial charge in [-0.3, -0.25) is 25.2 Å².